The van der Waals surface area contributed by atoms with Gasteiger partial charge in [-0.2, -0.15) is 0 Å². The van der Waals surface area contributed by atoms with Crippen LogP contribution >= 0.6 is 15.9 Å². The number of hydrogen-bond donors (Lipinski definition) is 1. The van der Waals surface area contributed by atoms with Crippen molar-refractivity contribution in [2.75, 3.05) is 0 Å². The summed E-state index contributed by atoms with van der Waals surface area (Å²) in [5.41, 5.74) is 1.91. The van der Waals surface area contributed by atoms with Gasteiger partial charge in [0.15, 0.2) is 0 Å². The van der Waals surface area contributed by atoms with Crippen molar-refractivity contribution in [3.05, 3.63) is 40.6 Å². The second-order valence-electron chi connectivity index (χ2n) is 2.86. The Morgan fingerprint density at radius 3 is 2.92 bits per heavy atom. The second kappa shape index (κ2) is 4.53. The lowest BCUT2D eigenvalue weighted by Crippen LogP contribution is -1.99. The molecule has 0 saturated carbocycles. The van der Waals surface area contributed by atoms with Gasteiger partial charge in [-0.3, -0.25) is 4.98 Å². The molecule has 0 aromatic carbocycles. The summed E-state index contributed by atoms with van der Waals surface area (Å²) in [5, 5.41) is 9.46. The number of pyridine rings is 1. The van der Waals surface area contributed by atoms with E-state index in [0.29, 0.717) is 0 Å². The molecule has 1 N–H and O–H groups in total. The van der Waals surface area contributed by atoms with Crippen LogP contribution in [0.25, 0.3) is 0 Å². The lowest BCUT2D eigenvalue weighted by Gasteiger charge is -2.11. The van der Waals surface area contributed by atoms with Gasteiger partial charge >= 0.3 is 0 Å². The van der Waals surface area contributed by atoms with Crippen molar-refractivity contribution in [2.24, 2.45) is 0 Å². The van der Waals surface area contributed by atoms with E-state index in [0.717, 1.165) is 22.0 Å². The van der Waals surface area contributed by atoms with E-state index >= 15 is 0 Å². The zero-order valence-corrected chi connectivity index (χ0v) is 9.08. The predicted octanol–water partition coefficient (Wildman–Crippen LogP) is 2.63. The highest BCUT2D eigenvalue weighted by molar-refractivity contribution is 9.10. The maximum atomic E-state index is 9.46. The van der Waals surface area contributed by atoms with E-state index in [2.05, 4.69) is 27.5 Å². The fraction of sp³-hybridized carbons (Fsp3) is 0.300. The molecule has 0 radical (unpaired) electrons. The van der Waals surface area contributed by atoms with Gasteiger partial charge in [-0.1, -0.05) is 6.08 Å². The molecule has 0 fully saturated rings. The summed E-state index contributed by atoms with van der Waals surface area (Å²) in [5.74, 6) is 0. The number of halogens is 1. The number of allylic oxidation sites excluding steroid dienone is 1. The van der Waals surface area contributed by atoms with Gasteiger partial charge in [-0.05, 0) is 34.8 Å². The van der Waals surface area contributed by atoms with E-state index in [-0.39, 0.29) is 0 Å². The molecule has 3 heteroatoms. The van der Waals surface area contributed by atoms with Crippen molar-refractivity contribution in [2.45, 2.75) is 19.4 Å². The first-order chi connectivity index (χ1) is 6.16. The Labute approximate surface area is 86.4 Å². The van der Waals surface area contributed by atoms with Crippen LogP contribution in [0.15, 0.2) is 29.5 Å². The molecular formula is C10H12BrNO. The predicted molar refractivity (Wildman–Crippen MR) is 56.5 cm³/mol. The number of aliphatic hydroxyl groups is 1. The number of aliphatic hydroxyl groups excluding tert-OH is 1. The van der Waals surface area contributed by atoms with Gasteiger partial charge in [0, 0.05) is 22.4 Å². The molecule has 1 aromatic heterocycles. The van der Waals surface area contributed by atoms with Crippen LogP contribution in [0, 0.1) is 0 Å². The Morgan fingerprint density at radius 1 is 1.69 bits per heavy atom. The fourth-order valence-electron chi connectivity index (χ4n) is 1.20. The van der Waals surface area contributed by atoms with Crippen LogP contribution in [-0.2, 0) is 6.42 Å². The van der Waals surface area contributed by atoms with Gasteiger partial charge in [0.2, 0.25) is 0 Å². The molecule has 0 bridgehead atoms. The van der Waals surface area contributed by atoms with Crippen LogP contribution in [0.2, 0.25) is 0 Å². The van der Waals surface area contributed by atoms with Crippen molar-refractivity contribution in [1.82, 2.24) is 4.98 Å². The third kappa shape index (κ3) is 2.39. The molecule has 0 aliphatic rings. The normalized spacial score (nSPS) is 12.5. The number of aromatic nitrogens is 1. The zero-order valence-electron chi connectivity index (χ0n) is 7.50. The summed E-state index contributed by atoms with van der Waals surface area (Å²) in [4.78, 5) is 4.01. The molecule has 0 aliphatic carbocycles. The average Bonchev–Trinajstić information content (AvgIpc) is 2.08. The Hall–Kier alpha value is -0.670. The number of hydrogen-bond acceptors (Lipinski definition) is 2. The topological polar surface area (TPSA) is 33.1 Å². The van der Waals surface area contributed by atoms with E-state index in [1.165, 1.54) is 0 Å². The van der Waals surface area contributed by atoms with E-state index in [1.807, 2.05) is 6.08 Å². The highest BCUT2D eigenvalue weighted by Crippen LogP contribution is 2.24. The standard InChI is InChI=1S/C10H12BrNO/c1-3-4-8-9(7(2)13)5-12-6-10(8)11/h3,5-7,13H,1,4H2,2H3. The Bertz CT molecular complexity index is 310. The molecule has 2 nitrogen and oxygen atoms in total. The molecule has 1 unspecified atom stereocenters. The largest absolute Gasteiger partial charge is 0.389 e. The number of rotatable bonds is 3. The highest BCUT2D eigenvalue weighted by atomic mass is 79.9. The minimum absolute atomic E-state index is 0.486. The molecule has 13 heavy (non-hydrogen) atoms. The molecule has 0 aliphatic heterocycles. The quantitative estimate of drug-likeness (QED) is 0.826. The van der Waals surface area contributed by atoms with Crippen LogP contribution in [-0.4, -0.2) is 10.1 Å². The molecular weight excluding hydrogens is 230 g/mol. The second-order valence-corrected chi connectivity index (χ2v) is 3.71. The Balaban J connectivity index is 3.16. The minimum Gasteiger partial charge on any atom is -0.389 e. The molecule has 1 rings (SSSR count). The smallest absolute Gasteiger partial charge is 0.0780 e. The van der Waals surface area contributed by atoms with Gasteiger partial charge in [0.05, 0.1) is 6.10 Å². The lowest BCUT2D eigenvalue weighted by atomic mass is 10.0. The van der Waals surface area contributed by atoms with Crippen LogP contribution in [0.4, 0.5) is 0 Å². The average molecular weight is 242 g/mol. The van der Waals surface area contributed by atoms with Gasteiger partial charge in [0.1, 0.15) is 0 Å². The lowest BCUT2D eigenvalue weighted by molar-refractivity contribution is 0.198. The molecule has 1 heterocycles. The molecule has 0 spiro atoms. The molecule has 0 amide bonds. The van der Waals surface area contributed by atoms with E-state index in [1.54, 1.807) is 19.3 Å². The SMILES string of the molecule is C=CCc1c(Br)cncc1C(C)O. The van der Waals surface area contributed by atoms with Crippen molar-refractivity contribution in [3.63, 3.8) is 0 Å². The first-order valence-electron chi connectivity index (χ1n) is 4.08. The van der Waals surface area contributed by atoms with E-state index in [9.17, 15) is 5.11 Å². The maximum Gasteiger partial charge on any atom is 0.0780 e. The molecule has 0 saturated heterocycles. The third-order valence-electron chi connectivity index (χ3n) is 1.84. The summed E-state index contributed by atoms with van der Waals surface area (Å²) < 4.78 is 0.922. The highest BCUT2D eigenvalue weighted by Gasteiger charge is 2.09. The van der Waals surface area contributed by atoms with Crippen molar-refractivity contribution in [3.8, 4) is 0 Å². The molecule has 70 valence electrons. The van der Waals surface area contributed by atoms with Gasteiger partial charge in [0.25, 0.3) is 0 Å². The van der Waals surface area contributed by atoms with Crippen LogP contribution < -0.4 is 0 Å². The molecule has 1 aromatic rings. The minimum atomic E-state index is -0.486. The summed E-state index contributed by atoms with van der Waals surface area (Å²) in [6.07, 6.45) is 5.48. The van der Waals surface area contributed by atoms with Crippen LogP contribution in [0.1, 0.15) is 24.2 Å². The van der Waals surface area contributed by atoms with Gasteiger partial charge in [-0.25, -0.2) is 0 Å². The zero-order chi connectivity index (χ0) is 9.84. The Kier molecular flexibility index (Phi) is 3.63. The van der Waals surface area contributed by atoms with Crippen molar-refractivity contribution >= 4 is 15.9 Å². The number of nitrogens with zero attached hydrogens (tertiary/aromatic N) is 1. The third-order valence-corrected chi connectivity index (χ3v) is 2.52. The van der Waals surface area contributed by atoms with Crippen LogP contribution in [0.3, 0.4) is 0 Å². The van der Waals surface area contributed by atoms with Crippen molar-refractivity contribution in [1.29, 1.82) is 0 Å². The summed E-state index contributed by atoms with van der Waals surface area (Å²) >= 11 is 3.40. The van der Waals surface area contributed by atoms with Gasteiger partial charge < -0.3 is 5.11 Å². The summed E-state index contributed by atoms with van der Waals surface area (Å²) in [6.45, 7) is 5.41. The summed E-state index contributed by atoms with van der Waals surface area (Å²) in [7, 11) is 0. The monoisotopic (exact) mass is 241 g/mol. The first kappa shape index (κ1) is 10.4. The van der Waals surface area contributed by atoms with Crippen molar-refractivity contribution < 1.29 is 5.11 Å². The first-order valence-corrected chi connectivity index (χ1v) is 4.87. The molecule has 1 atom stereocenters. The summed E-state index contributed by atoms with van der Waals surface area (Å²) in [6, 6.07) is 0. The fourth-order valence-corrected chi connectivity index (χ4v) is 1.71. The van der Waals surface area contributed by atoms with Crippen LogP contribution in [0.5, 0.6) is 0 Å². The van der Waals surface area contributed by atoms with Gasteiger partial charge in [-0.15, -0.1) is 6.58 Å². The van der Waals surface area contributed by atoms with E-state index < -0.39 is 6.10 Å². The van der Waals surface area contributed by atoms with E-state index in [4.69, 9.17) is 0 Å². The Morgan fingerprint density at radius 2 is 2.38 bits per heavy atom. The maximum absolute atomic E-state index is 9.46.